The Morgan fingerprint density at radius 2 is 1.97 bits per heavy atom. The lowest BCUT2D eigenvalue weighted by Gasteiger charge is -2.25. The van der Waals surface area contributed by atoms with Gasteiger partial charge in [-0.25, -0.2) is 14.0 Å². The molecule has 1 N–H and O–H groups in total. The number of rotatable bonds is 4. The van der Waals surface area contributed by atoms with Gasteiger partial charge in [0.15, 0.2) is 0 Å². The topological polar surface area (TPSA) is 116 Å². The quantitative estimate of drug-likeness (QED) is 0.574. The third kappa shape index (κ3) is 3.96. The highest BCUT2D eigenvalue weighted by atomic mass is 19.1. The summed E-state index contributed by atoms with van der Waals surface area (Å²) in [5, 5.41) is 18.6. The van der Waals surface area contributed by atoms with Crippen molar-refractivity contribution < 1.29 is 23.8 Å². The van der Waals surface area contributed by atoms with Crippen LogP contribution >= 0.6 is 0 Å². The van der Waals surface area contributed by atoms with Crippen LogP contribution in [0.5, 0.6) is 0 Å². The van der Waals surface area contributed by atoms with Gasteiger partial charge in [0.25, 0.3) is 0 Å². The second-order valence-corrected chi connectivity index (χ2v) is 9.73. The molecular weight excluding hydrogens is 479 g/mol. The number of aryl methyl sites for hydroxylation is 1. The summed E-state index contributed by atoms with van der Waals surface area (Å²) in [7, 11) is 0. The summed E-state index contributed by atoms with van der Waals surface area (Å²) in [6.07, 6.45) is 3.27. The van der Waals surface area contributed by atoms with Crippen LogP contribution in [0, 0.1) is 17.1 Å². The minimum atomic E-state index is -1.32. The van der Waals surface area contributed by atoms with Crippen molar-refractivity contribution in [2.75, 3.05) is 22.9 Å². The van der Waals surface area contributed by atoms with Crippen molar-refractivity contribution >= 4 is 34.3 Å². The number of benzene rings is 2. The third-order valence-corrected chi connectivity index (χ3v) is 7.30. The average Bonchev–Trinajstić information content (AvgIpc) is 3.68. The van der Waals surface area contributed by atoms with Gasteiger partial charge >= 0.3 is 12.1 Å². The number of ether oxygens (including phenoxy) is 1. The fourth-order valence-electron chi connectivity index (χ4n) is 5.27. The molecular formula is C27H23FN4O5. The SMILES string of the molecule is N#CC1CN(c2ccc3c(c2)CCCN(c2cc4c(cc2F)c(=O)c(C(=O)O)cn4C2CC2)C3)C(=O)O1. The first-order valence-corrected chi connectivity index (χ1v) is 12.2. The monoisotopic (exact) mass is 502 g/mol. The molecule has 188 valence electrons. The van der Waals surface area contributed by atoms with Crippen LogP contribution in [0.1, 0.15) is 46.8 Å². The molecule has 1 atom stereocenters. The van der Waals surface area contributed by atoms with Crippen LogP contribution in [-0.2, 0) is 17.7 Å². The Hall–Kier alpha value is -4.39. The number of pyridine rings is 1. The van der Waals surface area contributed by atoms with Crippen LogP contribution in [0.15, 0.2) is 41.3 Å². The van der Waals surface area contributed by atoms with E-state index < -0.39 is 29.4 Å². The van der Waals surface area contributed by atoms with Crippen molar-refractivity contribution in [1.29, 1.82) is 5.26 Å². The number of anilines is 2. The van der Waals surface area contributed by atoms with Gasteiger partial charge in [-0.05, 0) is 61.1 Å². The van der Waals surface area contributed by atoms with E-state index in [-0.39, 0.29) is 23.5 Å². The van der Waals surface area contributed by atoms with Gasteiger partial charge in [-0.15, -0.1) is 0 Å². The van der Waals surface area contributed by atoms with Gasteiger partial charge in [0.1, 0.15) is 17.4 Å². The van der Waals surface area contributed by atoms with Gasteiger partial charge in [0.05, 0.1) is 17.7 Å². The molecule has 0 spiro atoms. The number of amides is 1. The van der Waals surface area contributed by atoms with E-state index in [9.17, 15) is 19.5 Å². The van der Waals surface area contributed by atoms with Crippen LogP contribution < -0.4 is 15.2 Å². The maximum absolute atomic E-state index is 15.4. The number of cyclic esters (lactones) is 1. The fourth-order valence-corrected chi connectivity index (χ4v) is 5.27. The standard InChI is InChI=1S/C27H23FN4O5/c28-22-9-20-23(31(17-5-6-17)14-21(25(20)33)26(34)35)10-24(22)30-7-1-2-15-8-18(4-3-16(15)12-30)32-13-19(11-29)37-27(32)36/h3-4,8-10,14,17,19H,1-2,5-7,12-13H2,(H,34,35). The van der Waals surface area contributed by atoms with Gasteiger partial charge in [0, 0.05) is 36.4 Å². The molecule has 1 aromatic heterocycles. The molecule has 3 heterocycles. The van der Waals surface area contributed by atoms with E-state index in [0.717, 1.165) is 42.9 Å². The highest BCUT2D eigenvalue weighted by Gasteiger charge is 2.33. The van der Waals surface area contributed by atoms with E-state index >= 15 is 4.39 Å². The summed E-state index contributed by atoms with van der Waals surface area (Å²) in [6, 6.07) is 10.5. The second-order valence-electron chi connectivity index (χ2n) is 9.73. The summed E-state index contributed by atoms with van der Waals surface area (Å²) in [6.45, 7) is 1.19. The normalized spacial score (nSPS) is 19.4. The molecule has 0 radical (unpaired) electrons. The zero-order valence-corrected chi connectivity index (χ0v) is 19.8. The zero-order valence-electron chi connectivity index (χ0n) is 19.8. The predicted octanol–water partition coefficient (Wildman–Crippen LogP) is 3.98. The Morgan fingerprint density at radius 1 is 1.16 bits per heavy atom. The Labute approximate surface area is 210 Å². The van der Waals surface area contributed by atoms with Crippen LogP contribution in [0.3, 0.4) is 0 Å². The Bertz CT molecular complexity index is 1570. The third-order valence-electron chi connectivity index (χ3n) is 7.30. The first kappa shape index (κ1) is 23.0. The van der Waals surface area contributed by atoms with E-state index in [2.05, 4.69) is 0 Å². The van der Waals surface area contributed by atoms with Crippen molar-refractivity contribution in [3.63, 3.8) is 0 Å². The number of halogens is 1. The minimum Gasteiger partial charge on any atom is -0.477 e. The number of aromatic nitrogens is 1. The summed E-state index contributed by atoms with van der Waals surface area (Å²) in [5.74, 6) is -1.89. The van der Waals surface area contributed by atoms with E-state index in [4.69, 9.17) is 10.00 Å². The molecule has 1 saturated carbocycles. The molecule has 6 rings (SSSR count). The number of hydrogen-bond donors (Lipinski definition) is 1. The number of nitriles is 1. The molecule has 1 saturated heterocycles. The van der Waals surface area contributed by atoms with Gasteiger partial charge in [-0.1, -0.05) is 6.07 Å². The van der Waals surface area contributed by atoms with E-state index in [0.29, 0.717) is 30.0 Å². The Balaban J connectivity index is 1.36. The maximum atomic E-state index is 15.4. The van der Waals surface area contributed by atoms with Gasteiger partial charge in [-0.2, -0.15) is 5.26 Å². The van der Waals surface area contributed by atoms with Crippen molar-refractivity contribution in [1.82, 2.24) is 4.57 Å². The molecule has 1 aliphatic carbocycles. The molecule has 1 amide bonds. The molecule has 2 aliphatic heterocycles. The number of carbonyl (C=O) groups is 2. The predicted molar refractivity (Wildman–Crippen MR) is 132 cm³/mol. The number of carbonyl (C=O) groups excluding carboxylic acids is 1. The zero-order chi connectivity index (χ0) is 25.8. The molecule has 1 unspecified atom stereocenters. The highest BCUT2D eigenvalue weighted by molar-refractivity contribution is 5.94. The summed E-state index contributed by atoms with van der Waals surface area (Å²) in [4.78, 5) is 40.0. The van der Waals surface area contributed by atoms with Crippen LogP contribution in [-0.4, -0.2) is 40.9 Å². The average molecular weight is 503 g/mol. The van der Waals surface area contributed by atoms with E-state index in [1.54, 1.807) is 16.7 Å². The number of hydrogen-bond acceptors (Lipinski definition) is 6. The molecule has 9 nitrogen and oxygen atoms in total. The summed E-state index contributed by atoms with van der Waals surface area (Å²) >= 11 is 0. The van der Waals surface area contributed by atoms with E-state index in [1.807, 2.05) is 23.1 Å². The first-order chi connectivity index (χ1) is 17.8. The largest absolute Gasteiger partial charge is 0.477 e. The summed E-state index contributed by atoms with van der Waals surface area (Å²) < 4.78 is 22.3. The summed E-state index contributed by atoms with van der Waals surface area (Å²) in [5.41, 5.74) is 2.55. The fraction of sp³-hybridized carbons (Fsp3) is 0.333. The minimum absolute atomic E-state index is 0.0705. The molecule has 3 aromatic rings. The second kappa shape index (κ2) is 8.62. The Morgan fingerprint density at radius 3 is 2.68 bits per heavy atom. The van der Waals surface area contributed by atoms with Crippen LogP contribution in [0.25, 0.3) is 10.9 Å². The van der Waals surface area contributed by atoms with E-state index in [1.165, 1.54) is 11.1 Å². The molecule has 0 bridgehead atoms. The first-order valence-electron chi connectivity index (χ1n) is 12.2. The number of fused-ring (bicyclic) bond motifs is 2. The van der Waals surface area contributed by atoms with Gasteiger partial charge < -0.3 is 19.3 Å². The highest BCUT2D eigenvalue weighted by Crippen LogP contribution is 2.39. The van der Waals surface area contributed by atoms with Crippen molar-refractivity contribution in [2.24, 2.45) is 0 Å². The lowest BCUT2D eigenvalue weighted by molar-refractivity contribution is 0.0694. The number of nitrogens with zero attached hydrogens (tertiary/aromatic N) is 4. The number of carboxylic acid groups (broad SMARTS) is 1. The van der Waals surface area contributed by atoms with Crippen molar-refractivity contribution in [2.45, 2.75) is 44.4 Å². The number of carboxylic acids is 1. The van der Waals surface area contributed by atoms with Crippen LogP contribution in [0.4, 0.5) is 20.6 Å². The number of aromatic carboxylic acids is 1. The lowest BCUT2D eigenvalue weighted by atomic mass is 10.0. The Kier molecular flexibility index (Phi) is 5.37. The van der Waals surface area contributed by atoms with Gasteiger partial charge in [0.2, 0.25) is 11.5 Å². The van der Waals surface area contributed by atoms with Crippen molar-refractivity contribution in [3.8, 4) is 6.07 Å². The molecule has 2 fully saturated rings. The smallest absolute Gasteiger partial charge is 0.415 e. The van der Waals surface area contributed by atoms with Gasteiger partial charge in [-0.3, -0.25) is 9.69 Å². The molecule has 3 aliphatic rings. The maximum Gasteiger partial charge on any atom is 0.415 e. The molecule has 10 heteroatoms. The lowest BCUT2D eigenvalue weighted by Crippen LogP contribution is -2.25. The molecule has 37 heavy (non-hydrogen) atoms. The molecule has 2 aromatic carbocycles. The van der Waals surface area contributed by atoms with Crippen LogP contribution in [0.2, 0.25) is 0 Å². The van der Waals surface area contributed by atoms with Crippen molar-refractivity contribution in [3.05, 3.63) is 69.3 Å².